The average molecular weight is 467 g/mol. The van der Waals surface area contributed by atoms with E-state index in [0.717, 1.165) is 36.5 Å². The molecule has 1 heterocycles. The molecule has 172 valence electrons. The topological polar surface area (TPSA) is 104 Å². The number of halogens is 5. The quantitative estimate of drug-likeness (QED) is 0.519. The zero-order valence-corrected chi connectivity index (χ0v) is 16.7. The van der Waals surface area contributed by atoms with Gasteiger partial charge in [-0.1, -0.05) is 0 Å². The van der Waals surface area contributed by atoms with Crippen molar-refractivity contribution in [2.24, 2.45) is 5.73 Å². The van der Waals surface area contributed by atoms with Gasteiger partial charge in [0.25, 0.3) is 11.8 Å². The molecule has 2 amide bonds. The van der Waals surface area contributed by atoms with E-state index in [1.165, 1.54) is 13.2 Å². The zero-order chi connectivity index (χ0) is 24.3. The Labute approximate surface area is 182 Å². The Bertz CT molecular complexity index is 1210. The van der Waals surface area contributed by atoms with Gasteiger partial charge in [-0.2, -0.15) is 13.2 Å². The van der Waals surface area contributed by atoms with E-state index in [2.05, 4.69) is 10.3 Å². The number of methoxy groups -OCH3 is 1. The third-order valence-electron chi connectivity index (χ3n) is 4.26. The maximum absolute atomic E-state index is 14.9. The second-order valence-corrected chi connectivity index (χ2v) is 6.45. The van der Waals surface area contributed by atoms with Crippen molar-refractivity contribution in [1.29, 1.82) is 0 Å². The number of ether oxygens (including phenoxy) is 2. The molecule has 2 aromatic carbocycles. The van der Waals surface area contributed by atoms with Crippen molar-refractivity contribution in [3.05, 3.63) is 77.1 Å². The Morgan fingerprint density at radius 3 is 2.27 bits per heavy atom. The van der Waals surface area contributed by atoms with E-state index in [4.69, 9.17) is 15.2 Å². The lowest BCUT2D eigenvalue weighted by atomic mass is 10.1. The molecular formula is C21H14F5N3O4. The van der Waals surface area contributed by atoms with Gasteiger partial charge in [0.15, 0.2) is 17.3 Å². The number of carbonyl (C=O) groups excluding carboxylic acids is 2. The standard InChI is InChI=1S/C21H14F5N3O4/c1-32-16-8-10(22)2-6-14(16)33-15-7-4-12(21(24,25)26)18(23)17(15)20(31)29-11-3-5-13(19(27)30)28-9-11/h2-9H,1H3,(H2,27,30)(H,29,31). The Balaban J connectivity index is 2.05. The van der Waals surface area contributed by atoms with E-state index in [9.17, 15) is 31.5 Å². The first kappa shape index (κ1) is 23.4. The van der Waals surface area contributed by atoms with Crippen molar-refractivity contribution >= 4 is 17.5 Å². The van der Waals surface area contributed by atoms with Crippen LogP contribution in [0.5, 0.6) is 17.2 Å². The molecule has 0 bridgehead atoms. The second-order valence-electron chi connectivity index (χ2n) is 6.45. The second kappa shape index (κ2) is 9.10. The summed E-state index contributed by atoms with van der Waals surface area (Å²) in [5, 5.41) is 2.18. The van der Waals surface area contributed by atoms with Crippen LogP contribution in [0.15, 0.2) is 48.7 Å². The number of anilines is 1. The number of nitrogens with one attached hydrogen (secondary N) is 1. The molecule has 0 atom stereocenters. The van der Waals surface area contributed by atoms with Gasteiger partial charge in [-0.3, -0.25) is 9.59 Å². The molecule has 0 aliphatic carbocycles. The van der Waals surface area contributed by atoms with Gasteiger partial charge in [0, 0.05) is 6.07 Å². The van der Waals surface area contributed by atoms with Crippen molar-refractivity contribution < 1.29 is 41.0 Å². The first-order valence-corrected chi connectivity index (χ1v) is 8.99. The summed E-state index contributed by atoms with van der Waals surface area (Å²) in [5.41, 5.74) is 2.09. The van der Waals surface area contributed by atoms with E-state index < -0.39 is 46.5 Å². The number of alkyl halides is 3. The molecular weight excluding hydrogens is 453 g/mol. The number of nitrogens with zero attached hydrogens (tertiary/aromatic N) is 1. The van der Waals surface area contributed by atoms with Crippen LogP contribution < -0.4 is 20.5 Å². The highest BCUT2D eigenvalue weighted by atomic mass is 19.4. The lowest BCUT2D eigenvalue weighted by Crippen LogP contribution is -2.19. The lowest BCUT2D eigenvalue weighted by Gasteiger charge is -2.17. The van der Waals surface area contributed by atoms with Gasteiger partial charge in [0.1, 0.15) is 22.8 Å². The van der Waals surface area contributed by atoms with Gasteiger partial charge in [0.05, 0.1) is 24.6 Å². The molecule has 0 saturated carbocycles. The Morgan fingerprint density at radius 2 is 1.70 bits per heavy atom. The summed E-state index contributed by atoms with van der Waals surface area (Å²) in [7, 11) is 1.19. The van der Waals surface area contributed by atoms with Gasteiger partial charge in [-0.05, 0) is 36.4 Å². The van der Waals surface area contributed by atoms with Crippen LogP contribution in [0.3, 0.4) is 0 Å². The van der Waals surface area contributed by atoms with Crippen LogP contribution in [-0.2, 0) is 6.18 Å². The number of carbonyl (C=O) groups is 2. The molecule has 0 aliphatic rings. The summed E-state index contributed by atoms with van der Waals surface area (Å²) in [5.74, 6) is -5.65. The van der Waals surface area contributed by atoms with E-state index in [0.29, 0.717) is 6.07 Å². The van der Waals surface area contributed by atoms with Crippen molar-refractivity contribution in [2.45, 2.75) is 6.18 Å². The molecule has 12 heteroatoms. The minimum absolute atomic E-state index is 0.0628. The molecule has 3 N–H and O–H groups in total. The number of primary amides is 1. The van der Waals surface area contributed by atoms with Crippen molar-refractivity contribution in [3.8, 4) is 17.2 Å². The molecule has 0 spiro atoms. The molecule has 3 aromatic rings. The third-order valence-corrected chi connectivity index (χ3v) is 4.26. The smallest absolute Gasteiger partial charge is 0.419 e. The van der Waals surface area contributed by atoms with Crippen LogP contribution in [0.2, 0.25) is 0 Å². The summed E-state index contributed by atoms with van der Waals surface area (Å²) in [6.45, 7) is 0. The van der Waals surface area contributed by atoms with Gasteiger partial charge in [-0.25, -0.2) is 13.8 Å². The molecule has 1 aromatic heterocycles. The number of nitrogens with two attached hydrogens (primary N) is 1. The maximum Gasteiger partial charge on any atom is 0.419 e. The Morgan fingerprint density at radius 1 is 1.00 bits per heavy atom. The third kappa shape index (κ3) is 5.17. The fourth-order valence-electron chi connectivity index (χ4n) is 2.73. The van der Waals surface area contributed by atoms with Crippen molar-refractivity contribution in [2.75, 3.05) is 12.4 Å². The van der Waals surface area contributed by atoms with Gasteiger partial charge >= 0.3 is 6.18 Å². The summed E-state index contributed by atoms with van der Waals surface area (Å²) < 4.78 is 78.4. The van der Waals surface area contributed by atoms with Crippen LogP contribution in [0.4, 0.5) is 27.6 Å². The number of pyridine rings is 1. The van der Waals surface area contributed by atoms with E-state index in [-0.39, 0.29) is 22.9 Å². The normalized spacial score (nSPS) is 11.1. The van der Waals surface area contributed by atoms with Crippen LogP contribution in [0.1, 0.15) is 26.4 Å². The van der Waals surface area contributed by atoms with Gasteiger partial charge < -0.3 is 20.5 Å². The maximum atomic E-state index is 14.9. The van der Waals surface area contributed by atoms with E-state index in [1.54, 1.807) is 0 Å². The monoisotopic (exact) mass is 467 g/mol. The highest BCUT2D eigenvalue weighted by Crippen LogP contribution is 2.39. The number of hydrogen-bond acceptors (Lipinski definition) is 5. The van der Waals surface area contributed by atoms with Crippen LogP contribution in [0, 0.1) is 11.6 Å². The van der Waals surface area contributed by atoms with Crippen molar-refractivity contribution in [3.63, 3.8) is 0 Å². The molecule has 7 nitrogen and oxygen atoms in total. The first-order valence-electron chi connectivity index (χ1n) is 8.99. The number of aromatic nitrogens is 1. The van der Waals surface area contributed by atoms with Gasteiger partial charge in [0.2, 0.25) is 0 Å². The molecule has 0 radical (unpaired) electrons. The van der Waals surface area contributed by atoms with Crippen LogP contribution in [-0.4, -0.2) is 23.9 Å². The summed E-state index contributed by atoms with van der Waals surface area (Å²) in [6, 6.07) is 6.50. The summed E-state index contributed by atoms with van der Waals surface area (Å²) in [4.78, 5) is 27.5. The minimum Gasteiger partial charge on any atom is -0.493 e. The van der Waals surface area contributed by atoms with Crippen molar-refractivity contribution in [1.82, 2.24) is 4.98 Å². The molecule has 33 heavy (non-hydrogen) atoms. The lowest BCUT2D eigenvalue weighted by molar-refractivity contribution is -0.140. The highest BCUT2D eigenvalue weighted by molar-refractivity contribution is 6.06. The number of amides is 2. The minimum atomic E-state index is -5.10. The molecule has 0 saturated heterocycles. The first-order chi connectivity index (χ1) is 15.5. The molecule has 0 unspecified atom stereocenters. The zero-order valence-electron chi connectivity index (χ0n) is 16.7. The predicted octanol–water partition coefficient (Wildman–Crippen LogP) is 4.53. The Hall–Kier alpha value is -4.22. The molecule has 0 fully saturated rings. The van der Waals surface area contributed by atoms with E-state index >= 15 is 0 Å². The van der Waals surface area contributed by atoms with Crippen LogP contribution >= 0.6 is 0 Å². The van der Waals surface area contributed by atoms with E-state index in [1.807, 2.05) is 0 Å². The molecule has 3 rings (SSSR count). The Kier molecular flexibility index (Phi) is 6.47. The number of benzene rings is 2. The van der Waals surface area contributed by atoms with Crippen LogP contribution in [0.25, 0.3) is 0 Å². The fourth-order valence-corrected chi connectivity index (χ4v) is 2.73. The number of rotatable bonds is 6. The average Bonchev–Trinajstić information content (AvgIpc) is 2.74. The SMILES string of the molecule is COc1cc(F)ccc1Oc1ccc(C(F)(F)F)c(F)c1C(=O)Nc1ccc(C(N)=O)nc1. The predicted molar refractivity (Wildman–Crippen MR) is 105 cm³/mol. The summed E-state index contributed by atoms with van der Waals surface area (Å²) >= 11 is 0. The number of hydrogen-bond donors (Lipinski definition) is 2. The highest BCUT2D eigenvalue weighted by Gasteiger charge is 2.37. The fraction of sp³-hybridized carbons (Fsp3) is 0.0952. The molecule has 0 aliphatic heterocycles. The summed E-state index contributed by atoms with van der Waals surface area (Å²) in [6.07, 6.45) is -4.09. The largest absolute Gasteiger partial charge is 0.493 e. The van der Waals surface area contributed by atoms with Gasteiger partial charge in [-0.15, -0.1) is 0 Å².